The highest BCUT2D eigenvalue weighted by Gasteiger charge is 2.36. The molecule has 0 saturated heterocycles. The SMILES string of the molecule is CC(O)c1ccc2c(c1)C(C)(CO)CO2. The molecule has 2 atom stereocenters. The zero-order valence-electron chi connectivity index (χ0n) is 9.03. The molecule has 3 nitrogen and oxygen atoms in total. The van der Waals surface area contributed by atoms with Gasteiger partial charge in [0.1, 0.15) is 5.75 Å². The summed E-state index contributed by atoms with van der Waals surface area (Å²) in [5.74, 6) is 0.816. The lowest BCUT2D eigenvalue weighted by Gasteiger charge is -2.19. The van der Waals surface area contributed by atoms with Crippen molar-refractivity contribution in [3.05, 3.63) is 29.3 Å². The monoisotopic (exact) mass is 208 g/mol. The van der Waals surface area contributed by atoms with Crippen LogP contribution in [-0.4, -0.2) is 23.4 Å². The maximum Gasteiger partial charge on any atom is 0.123 e. The molecule has 0 fully saturated rings. The van der Waals surface area contributed by atoms with Gasteiger partial charge in [-0.05, 0) is 31.5 Å². The number of ether oxygens (including phenoxy) is 1. The smallest absolute Gasteiger partial charge is 0.123 e. The van der Waals surface area contributed by atoms with Crippen LogP contribution in [0, 0.1) is 0 Å². The van der Waals surface area contributed by atoms with Crippen LogP contribution in [0.25, 0.3) is 0 Å². The van der Waals surface area contributed by atoms with Crippen LogP contribution in [0.4, 0.5) is 0 Å². The standard InChI is InChI=1S/C12H16O3/c1-8(14)9-3-4-11-10(5-9)12(2,6-13)7-15-11/h3-5,8,13-14H,6-7H2,1-2H3. The summed E-state index contributed by atoms with van der Waals surface area (Å²) in [7, 11) is 0. The summed E-state index contributed by atoms with van der Waals surface area (Å²) >= 11 is 0. The van der Waals surface area contributed by atoms with E-state index in [1.807, 2.05) is 25.1 Å². The maximum atomic E-state index is 9.49. The summed E-state index contributed by atoms with van der Waals surface area (Å²) in [5, 5.41) is 18.9. The Morgan fingerprint density at radius 3 is 2.87 bits per heavy atom. The Labute approximate surface area is 89.3 Å². The van der Waals surface area contributed by atoms with E-state index in [0.29, 0.717) is 6.61 Å². The molecular weight excluding hydrogens is 192 g/mol. The van der Waals surface area contributed by atoms with Gasteiger partial charge in [-0.25, -0.2) is 0 Å². The fourth-order valence-electron chi connectivity index (χ4n) is 1.85. The highest BCUT2D eigenvalue weighted by Crippen LogP contribution is 2.39. The second-order valence-electron chi connectivity index (χ2n) is 4.44. The van der Waals surface area contributed by atoms with Crippen molar-refractivity contribution in [1.82, 2.24) is 0 Å². The topological polar surface area (TPSA) is 49.7 Å². The summed E-state index contributed by atoms with van der Waals surface area (Å²) in [5.41, 5.74) is 1.52. The van der Waals surface area contributed by atoms with Crippen LogP contribution in [0.15, 0.2) is 18.2 Å². The molecule has 1 aromatic rings. The van der Waals surface area contributed by atoms with Gasteiger partial charge in [0, 0.05) is 5.56 Å². The normalized spacial score (nSPS) is 25.9. The van der Waals surface area contributed by atoms with Crippen LogP contribution in [0.2, 0.25) is 0 Å². The van der Waals surface area contributed by atoms with Crippen molar-refractivity contribution in [2.45, 2.75) is 25.4 Å². The first-order valence-corrected chi connectivity index (χ1v) is 5.13. The molecule has 0 saturated carbocycles. The molecule has 3 heteroatoms. The molecule has 0 spiro atoms. The molecule has 0 bridgehead atoms. The molecule has 1 aromatic carbocycles. The van der Waals surface area contributed by atoms with Gasteiger partial charge in [-0.15, -0.1) is 0 Å². The summed E-state index contributed by atoms with van der Waals surface area (Å²) in [4.78, 5) is 0. The van der Waals surface area contributed by atoms with Crippen LogP contribution in [0.5, 0.6) is 5.75 Å². The van der Waals surface area contributed by atoms with Crippen molar-refractivity contribution in [2.24, 2.45) is 0 Å². The van der Waals surface area contributed by atoms with Crippen LogP contribution < -0.4 is 4.74 Å². The Morgan fingerprint density at radius 1 is 1.53 bits per heavy atom. The van der Waals surface area contributed by atoms with Gasteiger partial charge in [0.2, 0.25) is 0 Å². The van der Waals surface area contributed by atoms with Gasteiger partial charge in [0.25, 0.3) is 0 Å². The second kappa shape index (κ2) is 3.51. The van der Waals surface area contributed by atoms with Crippen LogP contribution in [0.3, 0.4) is 0 Å². The fourth-order valence-corrected chi connectivity index (χ4v) is 1.85. The van der Waals surface area contributed by atoms with Crippen molar-refractivity contribution < 1.29 is 14.9 Å². The number of aliphatic hydroxyl groups excluding tert-OH is 2. The van der Waals surface area contributed by atoms with Crippen molar-refractivity contribution in [3.8, 4) is 5.75 Å². The third-order valence-corrected chi connectivity index (χ3v) is 3.03. The number of benzene rings is 1. The van der Waals surface area contributed by atoms with E-state index in [2.05, 4.69) is 0 Å². The molecule has 1 heterocycles. The highest BCUT2D eigenvalue weighted by molar-refractivity contribution is 5.46. The van der Waals surface area contributed by atoms with E-state index in [4.69, 9.17) is 4.74 Å². The quantitative estimate of drug-likeness (QED) is 0.772. The van der Waals surface area contributed by atoms with Crippen LogP contribution in [0.1, 0.15) is 31.1 Å². The Morgan fingerprint density at radius 2 is 2.27 bits per heavy atom. The van der Waals surface area contributed by atoms with Crippen molar-refractivity contribution >= 4 is 0 Å². The van der Waals surface area contributed by atoms with Crippen molar-refractivity contribution in [3.63, 3.8) is 0 Å². The number of hydrogen-bond acceptors (Lipinski definition) is 3. The predicted molar refractivity (Wildman–Crippen MR) is 57.0 cm³/mol. The van der Waals surface area contributed by atoms with Crippen LogP contribution >= 0.6 is 0 Å². The molecular formula is C12H16O3. The number of hydrogen-bond donors (Lipinski definition) is 2. The van der Waals surface area contributed by atoms with Gasteiger partial charge >= 0.3 is 0 Å². The summed E-state index contributed by atoms with van der Waals surface area (Å²) < 4.78 is 5.50. The Balaban J connectivity index is 2.47. The van der Waals surface area contributed by atoms with E-state index in [9.17, 15) is 10.2 Å². The zero-order chi connectivity index (χ0) is 11.1. The lowest BCUT2D eigenvalue weighted by Crippen LogP contribution is -2.28. The minimum Gasteiger partial charge on any atom is -0.492 e. The minimum atomic E-state index is -0.487. The molecule has 0 radical (unpaired) electrons. The van der Waals surface area contributed by atoms with E-state index in [0.717, 1.165) is 16.9 Å². The van der Waals surface area contributed by atoms with Gasteiger partial charge in [-0.2, -0.15) is 0 Å². The van der Waals surface area contributed by atoms with E-state index in [1.54, 1.807) is 6.92 Å². The molecule has 82 valence electrons. The highest BCUT2D eigenvalue weighted by atomic mass is 16.5. The Hall–Kier alpha value is -1.06. The first kappa shape index (κ1) is 10.5. The summed E-state index contributed by atoms with van der Waals surface area (Å²) in [6, 6.07) is 5.63. The number of aliphatic hydroxyl groups is 2. The largest absolute Gasteiger partial charge is 0.492 e. The zero-order valence-corrected chi connectivity index (χ0v) is 9.03. The van der Waals surface area contributed by atoms with Gasteiger partial charge in [-0.3, -0.25) is 0 Å². The number of fused-ring (bicyclic) bond motifs is 1. The number of rotatable bonds is 2. The van der Waals surface area contributed by atoms with Crippen LogP contribution in [-0.2, 0) is 5.41 Å². The average Bonchev–Trinajstić information content (AvgIpc) is 2.57. The van der Waals surface area contributed by atoms with Gasteiger partial charge in [0.05, 0.1) is 24.7 Å². The summed E-state index contributed by atoms with van der Waals surface area (Å²) in [6.45, 7) is 4.25. The average molecular weight is 208 g/mol. The minimum absolute atomic E-state index is 0.0588. The fraction of sp³-hybridized carbons (Fsp3) is 0.500. The van der Waals surface area contributed by atoms with E-state index in [1.165, 1.54) is 0 Å². The lowest BCUT2D eigenvalue weighted by atomic mass is 9.84. The molecule has 0 aromatic heterocycles. The molecule has 2 unspecified atom stereocenters. The summed E-state index contributed by atoms with van der Waals surface area (Å²) in [6.07, 6.45) is -0.487. The third-order valence-electron chi connectivity index (χ3n) is 3.03. The third kappa shape index (κ3) is 1.62. The molecule has 1 aliphatic rings. The van der Waals surface area contributed by atoms with Gasteiger partial charge < -0.3 is 14.9 Å². The van der Waals surface area contributed by atoms with E-state index >= 15 is 0 Å². The molecule has 15 heavy (non-hydrogen) atoms. The molecule has 2 N–H and O–H groups in total. The Bertz CT molecular complexity index is 373. The van der Waals surface area contributed by atoms with E-state index < -0.39 is 6.10 Å². The van der Waals surface area contributed by atoms with Crippen molar-refractivity contribution in [2.75, 3.05) is 13.2 Å². The van der Waals surface area contributed by atoms with Crippen molar-refractivity contribution in [1.29, 1.82) is 0 Å². The predicted octanol–water partition coefficient (Wildman–Crippen LogP) is 1.38. The Kier molecular flexibility index (Phi) is 2.44. The lowest BCUT2D eigenvalue weighted by molar-refractivity contribution is 0.171. The first-order chi connectivity index (χ1) is 7.07. The van der Waals surface area contributed by atoms with E-state index in [-0.39, 0.29) is 12.0 Å². The molecule has 2 rings (SSSR count). The van der Waals surface area contributed by atoms with Gasteiger partial charge in [0.15, 0.2) is 0 Å². The molecule has 0 amide bonds. The molecule has 0 aliphatic carbocycles. The van der Waals surface area contributed by atoms with Gasteiger partial charge in [-0.1, -0.05) is 6.07 Å². The maximum absolute atomic E-state index is 9.49. The molecule has 1 aliphatic heterocycles. The second-order valence-corrected chi connectivity index (χ2v) is 4.44. The first-order valence-electron chi connectivity index (χ1n) is 5.13.